The minimum Gasteiger partial charge on any atom is -0.332 e. The predicted molar refractivity (Wildman–Crippen MR) is 162 cm³/mol. The zero-order valence-corrected chi connectivity index (χ0v) is 24.6. The van der Waals surface area contributed by atoms with Crippen LogP contribution in [0.25, 0.3) is 6.08 Å². The number of nitrogens with zero attached hydrogens (tertiary/aromatic N) is 1. The summed E-state index contributed by atoms with van der Waals surface area (Å²) < 4.78 is 0.475. The van der Waals surface area contributed by atoms with Gasteiger partial charge in [-0.1, -0.05) is 94.0 Å². The lowest BCUT2D eigenvalue weighted by Gasteiger charge is -2.37. The zero-order chi connectivity index (χ0) is 26.2. The van der Waals surface area contributed by atoms with Crippen LogP contribution in [0.5, 0.6) is 0 Å². The molecule has 4 fully saturated rings. The highest BCUT2D eigenvalue weighted by molar-refractivity contribution is 8.01. The van der Waals surface area contributed by atoms with Gasteiger partial charge in [0.15, 0.2) is 0 Å². The Bertz CT molecular complexity index is 899. The Kier molecular flexibility index (Phi) is 10.3. The third-order valence-electron chi connectivity index (χ3n) is 9.83. The molecule has 38 heavy (non-hydrogen) atoms. The number of nitrogens with one attached hydrogen (secondary N) is 2. The molecule has 4 nitrogen and oxygen atoms in total. The van der Waals surface area contributed by atoms with E-state index in [2.05, 4.69) is 58.7 Å². The average molecular weight is 538 g/mol. The molecule has 2 saturated heterocycles. The molecule has 5 rings (SSSR count). The molecular formula is C33H51N3OS. The summed E-state index contributed by atoms with van der Waals surface area (Å²) in [6, 6.07) is 9.06. The van der Waals surface area contributed by atoms with Crippen molar-refractivity contribution < 1.29 is 4.79 Å². The van der Waals surface area contributed by atoms with Crippen molar-refractivity contribution in [3.8, 4) is 0 Å². The summed E-state index contributed by atoms with van der Waals surface area (Å²) in [4.78, 5) is 16.2. The zero-order valence-electron chi connectivity index (χ0n) is 23.8. The minimum absolute atomic E-state index is 0.191. The minimum atomic E-state index is 0.191. The highest BCUT2D eigenvalue weighted by Gasteiger charge is 2.43. The normalized spacial score (nSPS) is 29.1. The first-order valence-electron chi connectivity index (χ1n) is 15.8. The number of carbonyl (C=O) groups is 1. The van der Waals surface area contributed by atoms with Crippen molar-refractivity contribution >= 4 is 23.7 Å². The molecule has 2 heterocycles. The van der Waals surface area contributed by atoms with Gasteiger partial charge in [0.1, 0.15) is 0 Å². The molecule has 0 aromatic heterocycles. The van der Waals surface area contributed by atoms with Gasteiger partial charge in [-0.25, -0.2) is 0 Å². The fourth-order valence-corrected chi connectivity index (χ4v) is 9.52. The number of aryl methyl sites for hydroxylation is 1. The van der Waals surface area contributed by atoms with Gasteiger partial charge in [0.05, 0.1) is 6.04 Å². The number of hydrogen-bond acceptors (Lipinski definition) is 4. The Morgan fingerprint density at radius 3 is 2.29 bits per heavy atom. The lowest BCUT2D eigenvalue weighted by molar-refractivity contribution is -0.128. The van der Waals surface area contributed by atoms with Crippen molar-refractivity contribution in [3.05, 3.63) is 41.5 Å². The molecule has 1 amide bonds. The second-order valence-electron chi connectivity index (χ2n) is 12.7. The average Bonchev–Trinajstić information content (AvgIpc) is 3.52. The molecule has 1 aromatic rings. The maximum atomic E-state index is 14.0. The Hall–Kier alpha value is -1.30. The van der Waals surface area contributed by atoms with Gasteiger partial charge in [0.25, 0.3) is 0 Å². The van der Waals surface area contributed by atoms with Gasteiger partial charge in [0, 0.05) is 35.2 Å². The number of benzene rings is 1. The van der Waals surface area contributed by atoms with E-state index >= 15 is 0 Å². The van der Waals surface area contributed by atoms with Crippen LogP contribution in [-0.4, -0.2) is 46.0 Å². The molecule has 210 valence electrons. The molecule has 3 unspecified atom stereocenters. The summed E-state index contributed by atoms with van der Waals surface area (Å²) in [5.74, 6) is 0.844. The topological polar surface area (TPSA) is 44.4 Å². The lowest BCUT2D eigenvalue weighted by Crippen LogP contribution is -2.52. The van der Waals surface area contributed by atoms with Crippen molar-refractivity contribution in [3.63, 3.8) is 0 Å². The molecule has 5 heteroatoms. The maximum absolute atomic E-state index is 14.0. The smallest absolute Gasteiger partial charge is 0.246 e. The molecule has 2 aliphatic carbocycles. The van der Waals surface area contributed by atoms with Crippen LogP contribution in [0.1, 0.15) is 114 Å². The van der Waals surface area contributed by atoms with Crippen molar-refractivity contribution in [1.29, 1.82) is 0 Å². The quantitative estimate of drug-likeness (QED) is 0.371. The number of amides is 1. The Balaban J connectivity index is 1.32. The van der Waals surface area contributed by atoms with E-state index in [4.69, 9.17) is 0 Å². The summed E-state index contributed by atoms with van der Waals surface area (Å²) in [6.45, 7) is 3.85. The van der Waals surface area contributed by atoms with Crippen LogP contribution in [-0.2, 0) is 4.79 Å². The largest absolute Gasteiger partial charge is 0.332 e. The van der Waals surface area contributed by atoms with E-state index in [0.29, 0.717) is 22.0 Å². The molecule has 2 aliphatic heterocycles. The van der Waals surface area contributed by atoms with E-state index in [1.54, 1.807) is 0 Å². The van der Waals surface area contributed by atoms with E-state index in [9.17, 15) is 4.79 Å². The van der Waals surface area contributed by atoms with Crippen LogP contribution in [0.2, 0.25) is 0 Å². The van der Waals surface area contributed by atoms with Crippen LogP contribution in [0.15, 0.2) is 30.3 Å². The van der Waals surface area contributed by atoms with Gasteiger partial charge in [-0.15, -0.1) is 11.8 Å². The first kappa shape index (κ1) is 28.2. The van der Waals surface area contributed by atoms with Gasteiger partial charge < -0.3 is 4.90 Å². The van der Waals surface area contributed by atoms with Crippen molar-refractivity contribution in [2.45, 2.75) is 132 Å². The Morgan fingerprint density at radius 1 is 0.921 bits per heavy atom. The molecule has 2 N–H and O–H groups in total. The Morgan fingerprint density at radius 2 is 1.58 bits per heavy atom. The van der Waals surface area contributed by atoms with E-state index in [0.717, 1.165) is 18.7 Å². The third kappa shape index (κ3) is 7.46. The number of thioether (sulfide) groups is 1. The van der Waals surface area contributed by atoms with Crippen LogP contribution in [0, 0.1) is 12.8 Å². The van der Waals surface area contributed by atoms with E-state index in [-0.39, 0.29) is 11.9 Å². The number of hydrogen-bond donors (Lipinski definition) is 2. The predicted octanol–water partition coefficient (Wildman–Crippen LogP) is 7.42. The fourth-order valence-electron chi connectivity index (χ4n) is 7.58. The van der Waals surface area contributed by atoms with Crippen molar-refractivity contribution in [2.75, 3.05) is 13.1 Å². The molecular weight excluding hydrogens is 486 g/mol. The lowest BCUT2D eigenvalue weighted by atomic mass is 9.83. The molecule has 1 spiro atoms. The number of carbonyl (C=O) groups excluding carboxylic acids is 1. The summed E-state index contributed by atoms with van der Waals surface area (Å²) in [7, 11) is 0. The molecule has 3 atom stereocenters. The highest BCUT2D eigenvalue weighted by Crippen LogP contribution is 2.51. The van der Waals surface area contributed by atoms with E-state index < -0.39 is 0 Å². The van der Waals surface area contributed by atoms with Crippen molar-refractivity contribution in [1.82, 2.24) is 15.8 Å². The summed E-state index contributed by atoms with van der Waals surface area (Å²) in [5, 5.41) is 0.560. The molecule has 0 bridgehead atoms. The van der Waals surface area contributed by atoms with E-state index in [1.165, 1.54) is 108 Å². The third-order valence-corrected chi connectivity index (χ3v) is 11.7. The standard InChI is InChI=1S/C33H51N3OS/c1-26-14-16-27(17-15-26)18-19-31(37)36(25-29-20-23-33(38-29)21-10-6-3-7-11-22-33)30-24-34-35-32(30)28-12-8-4-2-5-9-13-28/h14-19,28-30,32,34-35H,2-13,20-25H2,1H3/b19-18+. The van der Waals surface area contributed by atoms with Crippen LogP contribution in [0.3, 0.4) is 0 Å². The molecule has 1 aromatic carbocycles. The number of rotatable bonds is 6. The van der Waals surface area contributed by atoms with Gasteiger partial charge in [-0.2, -0.15) is 0 Å². The highest BCUT2D eigenvalue weighted by atomic mass is 32.2. The molecule has 2 saturated carbocycles. The van der Waals surface area contributed by atoms with Gasteiger partial charge in [0.2, 0.25) is 5.91 Å². The second kappa shape index (κ2) is 13.9. The molecule has 4 aliphatic rings. The SMILES string of the molecule is Cc1ccc(/C=C/C(=O)N(CC2CCC3(CCCCCCC3)S2)C2CNNC2C2CCCCCCC2)cc1. The van der Waals surface area contributed by atoms with Crippen LogP contribution in [0.4, 0.5) is 0 Å². The van der Waals surface area contributed by atoms with Gasteiger partial charge in [-0.3, -0.25) is 15.6 Å². The van der Waals surface area contributed by atoms with Gasteiger partial charge in [-0.05, 0) is 63.0 Å². The molecule has 0 radical (unpaired) electrons. The summed E-state index contributed by atoms with van der Waals surface area (Å²) in [6.07, 6.45) is 25.6. The summed E-state index contributed by atoms with van der Waals surface area (Å²) >= 11 is 2.26. The second-order valence-corrected chi connectivity index (χ2v) is 14.5. The number of hydrazine groups is 1. The van der Waals surface area contributed by atoms with Crippen LogP contribution < -0.4 is 10.9 Å². The first-order valence-corrected chi connectivity index (χ1v) is 16.7. The summed E-state index contributed by atoms with van der Waals surface area (Å²) in [5.41, 5.74) is 9.51. The monoisotopic (exact) mass is 537 g/mol. The van der Waals surface area contributed by atoms with Gasteiger partial charge >= 0.3 is 0 Å². The maximum Gasteiger partial charge on any atom is 0.246 e. The van der Waals surface area contributed by atoms with Crippen molar-refractivity contribution in [2.24, 2.45) is 5.92 Å². The Labute approximate surface area is 236 Å². The van der Waals surface area contributed by atoms with E-state index in [1.807, 2.05) is 12.2 Å². The van der Waals surface area contributed by atoms with Crippen LogP contribution >= 0.6 is 11.8 Å². The fraction of sp³-hybridized carbons (Fsp3) is 0.727. The first-order chi connectivity index (χ1) is 18.6.